The molecule has 0 fully saturated rings. The van der Waals surface area contributed by atoms with E-state index in [4.69, 9.17) is 14.2 Å². The SMILES string of the molecule is C[C@H]1Oc2ccc(NC(=O)c3cccnc3SCC(=O)Nc3ccc4c(c3)OCO4)cc2NC1=O. The summed E-state index contributed by atoms with van der Waals surface area (Å²) in [5.74, 6) is 0.865. The summed E-state index contributed by atoms with van der Waals surface area (Å²) in [5, 5.41) is 8.76. The second-order valence-corrected chi connectivity index (χ2v) is 8.64. The summed E-state index contributed by atoms with van der Waals surface area (Å²) in [6.07, 6.45) is 0.974. The van der Waals surface area contributed by atoms with E-state index >= 15 is 0 Å². The van der Waals surface area contributed by atoms with Crippen LogP contribution in [-0.2, 0) is 9.59 Å². The summed E-state index contributed by atoms with van der Waals surface area (Å²) in [4.78, 5) is 41.6. The van der Waals surface area contributed by atoms with E-state index in [1.807, 2.05) is 0 Å². The predicted molar refractivity (Wildman–Crippen MR) is 129 cm³/mol. The third-order valence-electron chi connectivity index (χ3n) is 5.18. The molecule has 11 heteroatoms. The Bertz CT molecular complexity index is 1330. The first-order chi connectivity index (χ1) is 17.0. The maximum Gasteiger partial charge on any atom is 0.265 e. The quantitative estimate of drug-likeness (QED) is 0.446. The third-order valence-corrected chi connectivity index (χ3v) is 6.19. The summed E-state index contributed by atoms with van der Waals surface area (Å²) in [7, 11) is 0. The minimum Gasteiger partial charge on any atom is -0.479 e. The summed E-state index contributed by atoms with van der Waals surface area (Å²) < 4.78 is 16.1. The molecule has 3 aromatic rings. The zero-order chi connectivity index (χ0) is 24.4. The van der Waals surface area contributed by atoms with Gasteiger partial charge >= 0.3 is 0 Å². The van der Waals surface area contributed by atoms with Gasteiger partial charge < -0.3 is 30.2 Å². The van der Waals surface area contributed by atoms with Crippen molar-refractivity contribution in [2.45, 2.75) is 18.1 Å². The second kappa shape index (κ2) is 9.55. The maximum absolute atomic E-state index is 13.0. The molecule has 2 aliphatic heterocycles. The lowest BCUT2D eigenvalue weighted by molar-refractivity contribution is -0.122. The molecule has 3 heterocycles. The van der Waals surface area contributed by atoms with E-state index < -0.39 is 12.0 Å². The van der Waals surface area contributed by atoms with E-state index in [1.54, 1.807) is 61.7 Å². The fourth-order valence-electron chi connectivity index (χ4n) is 3.47. The summed E-state index contributed by atoms with van der Waals surface area (Å²) in [5.41, 5.74) is 1.86. The Kier molecular flexibility index (Phi) is 6.15. The first kappa shape index (κ1) is 22.5. The number of fused-ring (bicyclic) bond motifs is 2. The molecule has 0 saturated carbocycles. The maximum atomic E-state index is 13.0. The number of carbonyl (C=O) groups excluding carboxylic acids is 3. The summed E-state index contributed by atoms with van der Waals surface area (Å²) >= 11 is 1.15. The molecule has 0 radical (unpaired) electrons. The highest BCUT2D eigenvalue weighted by atomic mass is 32.2. The number of nitrogens with zero attached hydrogens (tertiary/aromatic N) is 1. The smallest absolute Gasteiger partial charge is 0.265 e. The molecule has 0 aliphatic carbocycles. The Morgan fingerprint density at radius 3 is 2.69 bits per heavy atom. The van der Waals surface area contributed by atoms with Crippen LogP contribution < -0.4 is 30.2 Å². The van der Waals surface area contributed by atoms with Crippen molar-refractivity contribution in [2.24, 2.45) is 0 Å². The minimum absolute atomic E-state index is 0.0478. The molecule has 0 unspecified atom stereocenters. The lowest BCUT2D eigenvalue weighted by atomic mass is 10.2. The number of amides is 3. The van der Waals surface area contributed by atoms with Crippen molar-refractivity contribution in [2.75, 3.05) is 28.5 Å². The van der Waals surface area contributed by atoms with Gasteiger partial charge in [-0.15, -0.1) is 0 Å². The van der Waals surface area contributed by atoms with Crippen LogP contribution in [0, 0.1) is 0 Å². The van der Waals surface area contributed by atoms with E-state index in [2.05, 4.69) is 20.9 Å². The van der Waals surface area contributed by atoms with Gasteiger partial charge in [0.25, 0.3) is 11.8 Å². The number of ether oxygens (including phenoxy) is 3. The molecule has 1 atom stereocenters. The van der Waals surface area contributed by atoms with Crippen LogP contribution in [0.2, 0.25) is 0 Å². The van der Waals surface area contributed by atoms with Crippen LogP contribution in [0.4, 0.5) is 17.1 Å². The Balaban J connectivity index is 1.23. The molecule has 2 aromatic carbocycles. The highest BCUT2D eigenvalue weighted by molar-refractivity contribution is 8.00. The highest BCUT2D eigenvalue weighted by Crippen LogP contribution is 2.35. The van der Waals surface area contributed by atoms with Crippen molar-refractivity contribution in [1.82, 2.24) is 4.98 Å². The van der Waals surface area contributed by atoms with Crippen LogP contribution in [0.3, 0.4) is 0 Å². The predicted octanol–water partition coefficient (Wildman–Crippen LogP) is 3.51. The van der Waals surface area contributed by atoms with Crippen molar-refractivity contribution in [3.05, 3.63) is 60.3 Å². The molecule has 2 aliphatic rings. The standard InChI is InChI=1S/C24H20N4O6S/c1-13-22(30)28-17-9-14(4-6-18(17)34-13)27-23(31)16-3-2-8-25-24(16)35-11-21(29)26-15-5-7-19-20(10-15)33-12-32-19/h2-10,13H,11-12H2,1H3,(H,26,29)(H,27,31)(H,28,30)/t13-/m1/s1. The number of carbonyl (C=O) groups is 3. The Hall–Kier alpha value is -4.25. The number of anilines is 3. The van der Waals surface area contributed by atoms with Crippen molar-refractivity contribution in [3.8, 4) is 17.2 Å². The first-order valence-corrected chi connectivity index (χ1v) is 11.6. The lowest BCUT2D eigenvalue weighted by Crippen LogP contribution is -2.34. The Labute approximate surface area is 204 Å². The number of pyridine rings is 1. The van der Waals surface area contributed by atoms with Gasteiger partial charge in [0.2, 0.25) is 12.7 Å². The fraction of sp³-hybridized carbons (Fsp3) is 0.167. The molecule has 0 saturated heterocycles. The van der Waals surface area contributed by atoms with Crippen LogP contribution >= 0.6 is 11.8 Å². The number of nitrogens with one attached hydrogen (secondary N) is 3. The van der Waals surface area contributed by atoms with Crippen molar-refractivity contribution in [3.63, 3.8) is 0 Å². The van der Waals surface area contributed by atoms with Crippen molar-refractivity contribution >= 4 is 46.5 Å². The molecule has 10 nitrogen and oxygen atoms in total. The average molecular weight is 493 g/mol. The van der Waals surface area contributed by atoms with Crippen molar-refractivity contribution in [1.29, 1.82) is 0 Å². The Morgan fingerprint density at radius 1 is 1.06 bits per heavy atom. The van der Waals surface area contributed by atoms with Crippen LogP contribution in [0.5, 0.6) is 17.2 Å². The summed E-state index contributed by atoms with van der Waals surface area (Å²) in [6.45, 7) is 1.81. The number of hydrogen-bond donors (Lipinski definition) is 3. The van der Waals surface area contributed by atoms with Gasteiger partial charge in [-0.1, -0.05) is 11.8 Å². The third kappa shape index (κ3) is 4.99. The molecule has 178 valence electrons. The van der Waals surface area contributed by atoms with E-state index in [9.17, 15) is 14.4 Å². The first-order valence-electron chi connectivity index (χ1n) is 10.7. The molecule has 3 amide bonds. The largest absolute Gasteiger partial charge is 0.479 e. The molecule has 0 spiro atoms. The number of thioether (sulfide) groups is 1. The fourth-order valence-corrected chi connectivity index (χ4v) is 4.26. The normalized spacial score (nSPS) is 15.5. The van der Waals surface area contributed by atoms with Gasteiger partial charge in [-0.3, -0.25) is 14.4 Å². The van der Waals surface area contributed by atoms with Crippen LogP contribution in [-0.4, -0.2) is 41.4 Å². The van der Waals surface area contributed by atoms with Gasteiger partial charge in [-0.2, -0.15) is 0 Å². The number of rotatable bonds is 6. The number of benzene rings is 2. The van der Waals surface area contributed by atoms with E-state index in [0.29, 0.717) is 44.9 Å². The molecule has 35 heavy (non-hydrogen) atoms. The molecule has 3 N–H and O–H groups in total. The Morgan fingerprint density at radius 2 is 1.83 bits per heavy atom. The van der Waals surface area contributed by atoms with Crippen LogP contribution in [0.25, 0.3) is 0 Å². The van der Waals surface area contributed by atoms with Crippen molar-refractivity contribution < 1.29 is 28.6 Å². The van der Waals surface area contributed by atoms with Gasteiger partial charge in [-0.05, 0) is 49.4 Å². The van der Waals surface area contributed by atoms with Gasteiger partial charge in [0.15, 0.2) is 17.6 Å². The molecule has 0 bridgehead atoms. The average Bonchev–Trinajstić information content (AvgIpc) is 3.32. The van der Waals surface area contributed by atoms with Gasteiger partial charge in [0.1, 0.15) is 10.8 Å². The number of aromatic nitrogens is 1. The van der Waals surface area contributed by atoms with Gasteiger partial charge in [0.05, 0.1) is 17.0 Å². The zero-order valence-corrected chi connectivity index (χ0v) is 19.3. The molecule has 5 rings (SSSR count). The molecule has 1 aromatic heterocycles. The second-order valence-electron chi connectivity index (χ2n) is 7.68. The van der Waals surface area contributed by atoms with E-state index in [1.165, 1.54) is 0 Å². The van der Waals surface area contributed by atoms with Gasteiger partial charge in [-0.25, -0.2) is 4.98 Å². The van der Waals surface area contributed by atoms with Crippen LogP contribution in [0.1, 0.15) is 17.3 Å². The molecular weight excluding hydrogens is 472 g/mol. The van der Waals surface area contributed by atoms with E-state index in [0.717, 1.165) is 11.8 Å². The minimum atomic E-state index is -0.583. The van der Waals surface area contributed by atoms with Crippen LogP contribution in [0.15, 0.2) is 59.8 Å². The number of hydrogen-bond acceptors (Lipinski definition) is 8. The monoisotopic (exact) mass is 492 g/mol. The highest BCUT2D eigenvalue weighted by Gasteiger charge is 2.24. The lowest BCUT2D eigenvalue weighted by Gasteiger charge is -2.23. The molecular formula is C24H20N4O6S. The summed E-state index contributed by atoms with van der Waals surface area (Å²) in [6, 6.07) is 13.4. The topological polar surface area (TPSA) is 128 Å². The zero-order valence-electron chi connectivity index (χ0n) is 18.5. The van der Waals surface area contributed by atoms with Gasteiger partial charge in [0, 0.05) is 23.6 Å². The van der Waals surface area contributed by atoms with E-state index in [-0.39, 0.29) is 24.4 Å².